The molecule has 0 spiro atoms. The van der Waals surface area contributed by atoms with Crippen molar-refractivity contribution < 1.29 is 0 Å². The van der Waals surface area contributed by atoms with Crippen molar-refractivity contribution in [3.8, 4) is 11.4 Å². The number of aromatic amines is 1. The number of rotatable bonds is 1. The SMILES string of the molecule is Cc1ccncc1-c1nc(=S)c2c([nH]1)CCNC2. The van der Waals surface area contributed by atoms with E-state index in [9.17, 15) is 0 Å². The van der Waals surface area contributed by atoms with Gasteiger partial charge in [0, 0.05) is 48.7 Å². The molecule has 1 aliphatic rings. The average molecular weight is 258 g/mol. The van der Waals surface area contributed by atoms with E-state index in [0.717, 1.165) is 42.0 Å². The zero-order valence-electron chi connectivity index (χ0n) is 10.2. The van der Waals surface area contributed by atoms with Crippen LogP contribution in [0.3, 0.4) is 0 Å². The third-order valence-corrected chi connectivity index (χ3v) is 3.59. The number of aromatic nitrogens is 3. The van der Waals surface area contributed by atoms with Gasteiger partial charge >= 0.3 is 0 Å². The van der Waals surface area contributed by atoms with E-state index in [-0.39, 0.29) is 0 Å². The summed E-state index contributed by atoms with van der Waals surface area (Å²) in [6.45, 7) is 3.84. The van der Waals surface area contributed by atoms with Crippen molar-refractivity contribution in [2.45, 2.75) is 19.9 Å². The van der Waals surface area contributed by atoms with Crippen molar-refractivity contribution in [3.63, 3.8) is 0 Å². The summed E-state index contributed by atoms with van der Waals surface area (Å²) in [5.41, 5.74) is 4.50. The van der Waals surface area contributed by atoms with Crippen LogP contribution in [0.1, 0.15) is 16.8 Å². The number of fused-ring (bicyclic) bond motifs is 1. The predicted molar refractivity (Wildman–Crippen MR) is 72.8 cm³/mol. The molecule has 0 amide bonds. The third kappa shape index (κ3) is 1.95. The van der Waals surface area contributed by atoms with Gasteiger partial charge in [-0.2, -0.15) is 0 Å². The van der Waals surface area contributed by atoms with E-state index in [1.54, 1.807) is 6.20 Å². The second kappa shape index (κ2) is 4.59. The number of aryl methyl sites for hydroxylation is 1. The Bertz CT molecular complexity index is 648. The number of H-pyrrole nitrogens is 1. The topological polar surface area (TPSA) is 53.6 Å². The second-order valence-corrected chi connectivity index (χ2v) is 4.85. The van der Waals surface area contributed by atoms with Crippen molar-refractivity contribution >= 4 is 12.2 Å². The molecular weight excluding hydrogens is 244 g/mol. The van der Waals surface area contributed by atoms with Crippen LogP contribution in [0.25, 0.3) is 11.4 Å². The Kier molecular flexibility index (Phi) is 2.93. The molecule has 2 N–H and O–H groups in total. The van der Waals surface area contributed by atoms with Crippen LogP contribution < -0.4 is 5.32 Å². The molecule has 0 saturated heterocycles. The van der Waals surface area contributed by atoms with Gasteiger partial charge in [-0.3, -0.25) is 4.98 Å². The molecule has 2 aromatic rings. The fourth-order valence-corrected chi connectivity index (χ4v) is 2.49. The molecule has 2 aromatic heterocycles. The average Bonchev–Trinajstić information content (AvgIpc) is 2.39. The van der Waals surface area contributed by atoms with Gasteiger partial charge in [-0.15, -0.1) is 0 Å². The first-order valence-corrected chi connectivity index (χ1v) is 6.40. The quantitative estimate of drug-likeness (QED) is 0.770. The van der Waals surface area contributed by atoms with Crippen LogP contribution >= 0.6 is 12.2 Å². The van der Waals surface area contributed by atoms with Crippen LogP contribution in [0.2, 0.25) is 0 Å². The lowest BCUT2D eigenvalue weighted by Crippen LogP contribution is -2.25. The number of pyridine rings is 1. The van der Waals surface area contributed by atoms with E-state index < -0.39 is 0 Å². The fraction of sp³-hybridized carbons (Fsp3) is 0.308. The van der Waals surface area contributed by atoms with Crippen LogP contribution in [0.4, 0.5) is 0 Å². The predicted octanol–water partition coefficient (Wildman–Crippen LogP) is 2.16. The first-order chi connectivity index (χ1) is 8.75. The van der Waals surface area contributed by atoms with Gasteiger partial charge in [-0.1, -0.05) is 12.2 Å². The number of hydrogen-bond acceptors (Lipinski definition) is 4. The van der Waals surface area contributed by atoms with Gasteiger partial charge in [0.25, 0.3) is 0 Å². The lowest BCUT2D eigenvalue weighted by molar-refractivity contribution is 0.624. The fourth-order valence-electron chi connectivity index (χ4n) is 2.21. The van der Waals surface area contributed by atoms with Crippen LogP contribution in [-0.4, -0.2) is 21.5 Å². The Morgan fingerprint density at radius 1 is 1.39 bits per heavy atom. The molecule has 0 fully saturated rings. The Morgan fingerprint density at radius 2 is 2.28 bits per heavy atom. The first-order valence-electron chi connectivity index (χ1n) is 5.99. The van der Waals surface area contributed by atoms with Crippen LogP contribution in [0.5, 0.6) is 0 Å². The van der Waals surface area contributed by atoms with Gasteiger partial charge in [0.2, 0.25) is 0 Å². The molecule has 0 saturated carbocycles. The summed E-state index contributed by atoms with van der Waals surface area (Å²) in [6, 6.07) is 1.98. The smallest absolute Gasteiger partial charge is 0.140 e. The Morgan fingerprint density at radius 3 is 3.11 bits per heavy atom. The number of nitrogens with one attached hydrogen (secondary N) is 2. The molecule has 18 heavy (non-hydrogen) atoms. The molecule has 0 bridgehead atoms. The maximum Gasteiger partial charge on any atom is 0.140 e. The normalized spacial score (nSPS) is 14.3. The van der Waals surface area contributed by atoms with Gasteiger partial charge in [0.1, 0.15) is 10.5 Å². The summed E-state index contributed by atoms with van der Waals surface area (Å²) in [5.74, 6) is 0.825. The van der Waals surface area contributed by atoms with E-state index in [2.05, 4.69) is 27.2 Å². The molecule has 1 aliphatic heterocycles. The summed E-state index contributed by atoms with van der Waals surface area (Å²) in [4.78, 5) is 12.1. The van der Waals surface area contributed by atoms with E-state index >= 15 is 0 Å². The highest BCUT2D eigenvalue weighted by molar-refractivity contribution is 7.71. The molecule has 4 nitrogen and oxygen atoms in total. The Balaban J connectivity index is 2.17. The van der Waals surface area contributed by atoms with Gasteiger partial charge in [-0.25, -0.2) is 4.98 Å². The molecule has 5 heteroatoms. The van der Waals surface area contributed by atoms with Gasteiger partial charge in [-0.05, 0) is 18.6 Å². The minimum atomic E-state index is 0.689. The van der Waals surface area contributed by atoms with Crippen molar-refractivity contribution in [1.29, 1.82) is 0 Å². The van der Waals surface area contributed by atoms with Crippen LogP contribution in [0.15, 0.2) is 18.5 Å². The lowest BCUT2D eigenvalue weighted by Gasteiger charge is -2.18. The molecule has 0 aromatic carbocycles. The molecule has 92 valence electrons. The van der Waals surface area contributed by atoms with Gasteiger partial charge in [0.15, 0.2) is 0 Å². The Labute approximate surface area is 111 Å². The van der Waals surface area contributed by atoms with Crippen molar-refractivity contribution in [1.82, 2.24) is 20.3 Å². The van der Waals surface area contributed by atoms with Crippen molar-refractivity contribution in [2.75, 3.05) is 6.54 Å². The summed E-state index contributed by atoms with van der Waals surface area (Å²) < 4.78 is 0.689. The highest BCUT2D eigenvalue weighted by Gasteiger charge is 2.14. The molecule has 3 heterocycles. The molecule has 0 aliphatic carbocycles. The van der Waals surface area contributed by atoms with Gasteiger partial charge in [0.05, 0.1) is 0 Å². The highest BCUT2D eigenvalue weighted by Crippen LogP contribution is 2.21. The van der Waals surface area contributed by atoms with Crippen molar-refractivity contribution in [2.24, 2.45) is 0 Å². The zero-order chi connectivity index (χ0) is 12.5. The lowest BCUT2D eigenvalue weighted by atomic mass is 10.1. The summed E-state index contributed by atoms with van der Waals surface area (Å²) >= 11 is 5.38. The molecular formula is C13H14N4S. The van der Waals surface area contributed by atoms with Crippen LogP contribution in [0, 0.1) is 11.6 Å². The van der Waals surface area contributed by atoms with E-state index in [1.165, 1.54) is 5.69 Å². The van der Waals surface area contributed by atoms with Crippen LogP contribution in [-0.2, 0) is 13.0 Å². The maximum absolute atomic E-state index is 5.38. The molecule has 3 rings (SSSR count). The van der Waals surface area contributed by atoms with E-state index in [4.69, 9.17) is 12.2 Å². The first kappa shape index (κ1) is 11.5. The largest absolute Gasteiger partial charge is 0.343 e. The summed E-state index contributed by atoms with van der Waals surface area (Å²) in [6.07, 6.45) is 4.58. The van der Waals surface area contributed by atoms with E-state index in [1.807, 2.05) is 12.3 Å². The minimum absolute atomic E-state index is 0.689. The summed E-state index contributed by atoms with van der Waals surface area (Å²) in [5, 5.41) is 3.31. The standard InChI is InChI=1S/C13H14N4S/c1-8-2-4-14-6-9(8)12-16-11-3-5-15-7-10(11)13(18)17-12/h2,4,6,15H,3,5,7H2,1H3,(H,16,17,18). The minimum Gasteiger partial charge on any atom is -0.343 e. The second-order valence-electron chi connectivity index (χ2n) is 4.47. The maximum atomic E-state index is 5.38. The number of nitrogens with zero attached hydrogens (tertiary/aromatic N) is 2. The Hall–Kier alpha value is -1.59. The summed E-state index contributed by atoms with van der Waals surface area (Å²) in [7, 11) is 0. The third-order valence-electron chi connectivity index (χ3n) is 3.25. The molecule has 0 radical (unpaired) electrons. The molecule has 0 unspecified atom stereocenters. The zero-order valence-corrected chi connectivity index (χ0v) is 11.0. The highest BCUT2D eigenvalue weighted by atomic mass is 32.1. The monoisotopic (exact) mass is 258 g/mol. The van der Waals surface area contributed by atoms with Crippen molar-refractivity contribution in [3.05, 3.63) is 39.9 Å². The van der Waals surface area contributed by atoms with Gasteiger partial charge < -0.3 is 10.3 Å². The molecule has 0 atom stereocenters. The number of hydrogen-bond donors (Lipinski definition) is 2. The van der Waals surface area contributed by atoms with E-state index in [0.29, 0.717) is 4.64 Å².